The fourth-order valence-corrected chi connectivity index (χ4v) is 3.28. The molecular formula is C18H21N3O3. The van der Waals surface area contributed by atoms with E-state index >= 15 is 0 Å². The lowest BCUT2D eigenvalue weighted by Gasteiger charge is -2.34. The van der Waals surface area contributed by atoms with E-state index in [4.69, 9.17) is 4.74 Å². The second kappa shape index (κ2) is 6.11. The van der Waals surface area contributed by atoms with Crippen LogP contribution in [0.3, 0.4) is 0 Å². The first-order valence-corrected chi connectivity index (χ1v) is 7.98. The summed E-state index contributed by atoms with van der Waals surface area (Å²) in [7, 11) is 1.57. The normalized spacial score (nSPS) is 20.2. The van der Waals surface area contributed by atoms with Gasteiger partial charge in [-0.15, -0.1) is 0 Å². The van der Waals surface area contributed by atoms with Gasteiger partial charge >= 0.3 is 0 Å². The van der Waals surface area contributed by atoms with Crippen LogP contribution in [0.1, 0.15) is 41.6 Å². The van der Waals surface area contributed by atoms with Gasteiger partial charge in [0.25, 0.3) is 11.5 Å². The average molecular weight is 327 g/mol. The van der Waals surface area contributed by atoms with E-state index in [-0.39, 0.29) is 11.5 Å². The summed E-state index contributed by atoms with van der Waals surface area (Å²) in [5.74, 6) is 1.10. The van der Waals surface area contributed by atoms with E-state index in [0.29, 0.717) is 29.4 Å². The zero-order valence-corrected chi connectivity index (χ0v) is 14.1. The molecule has 1 aliphatic heterocycles. The van der Waals surface area contributed by atoms with Gasteiger partial charge in [0.15, 0.2) is 0 Å². The van der Waals surface area contributed by atoms with Gasteiger partial charge in [-0.1, -0.05) is 6.07 Å². The van der Waals surface area contributed by atoms with Gasteiger partial charge in [-0.3, -0.25) is 9.59 Å². The lowest BCUT2D eigenvalue weighted by atomic mass is 9.96. The first-order chi connectivity index (χ1) is 11.4. The van der Waals surface area contributed by atoms with Crippen LogP contribution in [0.2, 0.25) is 0 Å². The summed E-state index contributed by atoms with van der Waals surface area (Å²) in [6.07, 6.45) is 1.62. The van der Waals surface area contributed by atoms with Crippen molar-refractivity contribution in [3.8, 4) is 5.75 Å². The van der Waals surface area contributed by atoms with Crippen LogP contribution in [0.25, 0.3) is 0 Å². The summed E-state index contributed by atoms with van der Waals surface area (Å²) in [6.45, 7) is 4.37. The molecule has 1 amide bonds. The quantitative estimate of drug-likeness (QED) is 0.938. The Morgan fingerprint density at radius 2 is 2.17 bits per heavy atom. The molecule has 1 N–H and O–H groups in total. The molecule has 1 aromatic carbocycles. The second-order valence-electron chi connectivity index (χ2n) is 6.30. The van der Waals surface area contributed by atoms with Crippen LogP contribution >= 0.6 is 0 Å². The average Bonchev–Trinajstić information content (AvgIpc) is 2.96. The van der Waals surface area contributed by atoms with Crippen LogP contribution in [0, 0.1) is 6.92 Å². The van der Waals surface area contributed by atoms with Gasteiger partial charge in [-0.2, -0.15) is 0 Å². The van der Waals surface area contributed by atoms with Gasteiger partial charge in [0.1, 0.15) is 11.6 Å². The number of aromatic amines is 1. The maximum atomic E-state index is 13.0. The molecule has 1 unspecified atom stereocenters. The molecule has 0 saturated carbocycles. The molecule has 6 nitrogen and oxygen atoms in total. The van der Waals surface area contributed by atoms with Gasteiger partial charge < -0.3 is 14.6 Å². The Bertz CT molecular complexity index is 830. The van der Waals surface area contributed by atoms with Crippen molar-refractivity contribution < 1.29 is 9.53 Å². The summed E-state index contributed by atoms with van der Waals surface area (Å²) in [4.78, 5) is 33.9. The maximum absolute atomic E-state index is 13.0. The van der Waals surface area contributed by atoms with Crippen LogP contribution in [0.4, 0.5) is 0 Å². The number of hydrogen-bond donors (Lipinski definition) is 1. The highest BCUT2D eigenvalue weighted by Crippen LogP contribution is 2.37. The van der Waals surface area contributed by atoms with Crippen LogP contribution in [-0.4, -0.2) is 34.4 Å². The van der Waals surface area contributed by atoms with Gasteiger partial charge in [0, 0.05) is 23.9 Å². The Morgan fingerprint density at radius 1 is 1.38 bits per heavy atom. The third kappa shape index (κ3) is 2.79. The Kier molecular flexibility index (Phi) is 4.13. The molecule has 0 spiro atoms. The molecule has 0 radical (unpaired) electrons. The van der Waals surface area contributed by atoms with Crippen LogP contribution in [0.5, 0.6) is 5.75 Å². The van der Waals surface area contributed by atoms with Crippen LogP contribution in [-0.2, 0) is 5.54 Å². The monoisotopic (exact) mass is 327 g/mol. The number of carbonyl (C=O) groups is 1. The number of ether oxygens (including phenoxy) is 1. The maximum Gasteiger partial charge on any atom is 0.254 e. The smallest absolute Gasteiger partial charge is 0.254 e. The predicted molar refractivity (Wildman–Crippen MR) is 90.2 cm³/mol. The number of methoxy groups -OCH3 is 1. The molecular weight excluding hydrogens is 306 g/mol. The number of hydrogen-bond acceptors (Lipinski definition) is 4. The molecule has 2 heterocycles. The lowest BCUT2D eigenvalue weighted by molar-refractivity contribution is 0.0602. The zero-order chi connectivity index (χ0) is 17.3. The first kappa shape index (κ1) is 16.2. The summed E-state index contributed by atoms with van der Waals surface area (Å²) >= 11 is 0. The Labute approximate surface area is 140 Å². The van der Waals surface area contributed by atoms with Gasteiger partial charge in [-0.25, -0.2) is 4.98 Å². The number of aryl methyl sites for hydroxylation is 1. The van der Waals surface area contributed by atoms with Crippen LogP contribution < -0.4 is 10.3 Å². The molecule has 1 saturated heterocycles. The lowest BCUT2D eigenvalue weighted by Crippen LogP contribution is -2.44. The minimum atomic E-state index is -0.620. The fraction of sp³-hybridized carbons (Fsp3) is 0.389. The van der Waals surface area contributed by atoms with E-state index in [1.807, 2.05) is 6.92 Å². The van der Waals surface area contributed by atoms with Crippen LogP contribution in [0.15, 0.2) is 35.1 Å². The Balaban J connectivity index is 2.00. The number of H-pyrrole nitrogens is 1. The number of carbonyl (C=O) groups excluding carboxylic acids is 1. The predicted octanol–water partition coefficient (Wildman–Crippen LogP) is 2.24. The minimum absolute atomic E-state index is 0.0851. The number of nitrogens with zero attached hydrogens (tertiary/aromatic N) is 2. The van der Waals surface area contributed by atoms with E-state index in [2.05, 4.69) is 9.97 Å². The summed E-state index contributed by atoms with van der Waals surface area (Å²) in [5.41, 5.74) is 0.401. The number of aromatic nitrogens is 2. The summed E-state index contributed by atoms with van der Waals surface area (Å²) in [6, 6.07) is 8.56. The highest BCUT2D eigenvalue weighted by molar-refractivity contribution is 5.95. The van der Waals surface area contributed by atoms with Gasteiger partial charge in [0.05, 0.1) is 12.6 Å². The van der Waals surface area contributed by atoms with Crippen molar-refractivity contribution in [1.82, 2.24) is 14.9 Å². The van der Waals surface area contributed by atoms with E-state index in [1.165, 1.54) is 6.07 Å². The molecule has 1 atom stereocenters. The van der Waals surface area contributed by atoms with Crippen molar-refractivity contribution in [3.05, 3.63) is 57.8 Å². The third-order valence-electron chi connectivity index (χ3n) is 4.58. The topological polar surface area (TPSA) is 75.3 Å². The zero-order valence-electron chi connectivity index (χ0n) is 14.1. The number of nitrogens with one attached hydrogen (secondary N) is 1. The van der Waals surface area contributed by atoms with Crippen molar-refractivity contribution in [1.29, 1.82) is 0 Å². The Hall–Kier alpha value is -2.63. The summed E-state index contributed by atoms with van der Waals surface area (Å²) in [5, 5.41) is 0. The largest absolute Gasteiger partial charge is 0.497 e. The molecule has 6 heteroatoms. The van der Waals surface area contributed by atoms with Crippen molar-refractivity contribution in [2.45, 2.75) is 32.2 Å². The van der Waals surface area contributed by atoms with Gasteiger partial charge in [0.2, 0.25) is 0 Å². The number of rotatable bonds is 3. The number of likely N-dealkylation sites (tertiary alicyclic amines) is 1. The Morgan fingerprint density at radius 3 is 2.88 bits per heavy atom. The molecule has 126 valence electrons. The molecule has 0 aliphatic carbocycles. The van der Waals surface area contributed by atoms with E-state index < -0.39 is 5.54 Å². The second-order valence-corrected chi connectivity index (χ2v) is 6.30. The molecule has 0 bridgehead atoms. The third-order valence-corrected chi connectivity index (χ3v) is 4.58. The highest BCUT2D eigenvalue weighted by Gasteiger charge is 2.43. The highest BCUT2D eigenvalue weighted by atomic mass is 16.5. The van der Waals surface area contributed by atoms with Gasteiger partial charge in [-0.05, 0) is 44.9 Å². The first-order valence-electron chi connectivity index (χ1n) is 7.98. The molecule has 1 aromatic heterocycles. The number of amides is 1. The van der Waals surface area contributed by atoms with Crippen molar-refractivity contribution in [2.75, 3.05) is 13.7 Å². The fourth-order valence-electron chi connectivity index (χ4n) is 3.28. The molecule has 1 fully saturated rings. The number of benzene rings is 1. The molecule has 2 aromatic rings. The van der Waals surface area contributed by atoms with E-state index in [0.717, 1.165) is 12.8 Å². The van der Waals surface area contributed by atoms with E-state index in [9.17, 15) is 9.59 Å². The SMILES string of the molecule is COc1cccc(C(=O)N2CCCC2(C)c2nc(C)cc(=O)[nH]2)c1. The van der Waals surface area contributed by atoms with E-state index in [1.54, 1.807) is 43.2 Å². The standard InChI is InChI=1S/C18H21N3O3/c1-12-10-15(22)20-17(19-12)18(2)8-5-9-21(18)16(23)13-6-4-7-14(11-13)24-3/h4,6-7,10-11H,5,8-9H2,1-3H3,(H,19,20,22). The molecule has 3 rings (SSSR count). The molecule has 1 aliphatic rings. The summed E-state index contributed by atoms with van der Waals surface area (Å²) < 4.78 is 5.21. The minimum Gasteiger partial charge on any atom is -0.497 e. The van der Waals surface area contributed by atoms with Crippen molar-refractivity contribution in [2.24, 2.45) is 0 Å². The van der Waals surface area contributed by atoms with Crippen molar-refractivity contribution in [3.63, 3.8) is 0 Å². The molecule has 24 heavy (non-hydrogen) atoms. The van der Waals surface area contributed by atoms with Crippen molar-refractivity contribution >= 4 is 5.91 Å².